The van der Waals surface area contributed by atoms with Crippen molar-refractivity contribution in [3.8, 4) is 5.69 Å². The minimum atomic E-state index is -0.819. The Morgan fingerprint density at radius 1 is 1.07 bits per heavy atom. The molecule has 0 spiro atoms. The van der Waals surface area contributed by atoms with Crippen LogP contribution in [0.5, 0.6) is 0 Å². The summed E-state index contributed by atoms with van der Waals surface area (Å²) in [6.45, 7) is 0. The summed E-state index contributed by atoms with van der Waals surface area (Å²) in [6, 6.07) is 17.6. The SMILES string of the molecule is O=CC(=CNc1cn(-c2ccccc2)nc1C(=O)c1ccccc1)[N+](=O)[O-]. The lowest BCUT2D eigenvalue weighted by Crippen LogP contribution is -2.07. The fourth-order valence-electron chi connectivity index (χ4n) is 2.37. The zero-order valence-corrected chi connectivity index (χ0v) is 14.0. The van der Waals surface area contributed by atoms with Gasteiger partial charge in [-0.25, -0.2) is 4.68 Å². The van der Waals surface area contributed by atoms with Gasteiger partial charge < -0.3 is 5.32 Å². The molecular weight excluding hydrogens is 348 g/mol. The molecule has 0 saturated heterocycles. The summed E-state index contributed by atoms with van der Waals surface area (Å²) < 4.78 is 1.49. The monoisotopic (exact) mass is 362 g/mol. The molecule has 0 saturated carbocycles. The van der Waals surface area contributed by atoms with Crippen molar-refractivity contribution in [3.05, 3.63) is 100 Å². The van der Waals surface area contributed by atoms with Crippen LogP contribution in [0.4, 0.5) is 5.69 Å². The van der Waals surface area contributed by atoms with Gasteiger partial charge in [-0.2, -0.15) is 5.10 Å². The maximum atomic E-state index is 12.8. The van der Waals surface area contributed by atoms with Crippen LogP contribution in [0.3, 0.4) is 0 Å². The maximum Gasteiger partial charge on any atom is 0.324 e. The Hall–Kier alpha value is -4.07. The Bertz CT molecular complexity index is 1010. The number of hydrogen-bond donors (Lipinski definition) is 1. The van der Waals surface area contributed by atoms with Crippen molar-refractivity contribution in [2.24, 2.45) is 0 Å². The van der Waals surface area contributed by atoms with E-state index in [1.807, 2.05) is 18.2 Å². The third-order valence-corrected chi connectivity index (χ3v) is 3.69. The molecule has 27 heavy (non-hydrogen) atoms. The number of aromatic nitrogens is 2. The van der Waals surface area contributed by atoms with E-state index in [2.05, 4.69) is 10.4 Å². The lowest BCUT2D eigenvalue weighted by atomic mass is 10.1. The van der Waals surface area contributed by atoms with Gasteiger partial charge in [0.15, 0.2) is 5.69 Å². The number of carbonyl (C=O) groups is 2. The fourth-order valence-corrected chi connectivity index (χ4v) is 2.37. The molecular formula is C19H14N4O4. The van der Waals surface area contributed by atoms with E-state index in [1.165, 1.54) is 10.9 Å². The molecule has 0 aliphatic heterocycles. The second-order valence-corrected chi connectivity index (χ2v) is 5.46. The smallest absolute Gasteiger partial charge is 0.324 e. The molecule has 8 nitrogen and oxygen atoms in total. The number of carbonyl (C=O) groups excluding carboxylic acids is 2. The number of benzene rings is 2. The van der Waals surface area contributed by atoms with Gasteiger partial charge in [-0.3, -0.25) is 19.7 Å². The zero-order chi connectivity index (χ0) is 19.2. The molecule has 0 radical (unpaired) electrons. The number of ketones is 1. The van der Waals surface area contributed by atoms with Crippen LogP contribution in [0.2, 0.25) is 0 Å². The summed E-state index contributed by atoms with van der Waals surface area (Å²) in [6.07, 6.45) is 2.58. The van der Waals surface area contributed by atoms with Gasteiger partial charge in [-0.15, -0.1) is 0 Å². The number of aldehydes is 1. The highest BCUT2D eigenvalue weighted by Crippen LogP contribution is 2.21. The van der Waals surface area contributed by atoms with Crippen molar-refractivity contribution in [2.75, 3.05) is 5.32 Å². The van der Waals surface area contributed by atoms with Gasteiger partial charge in [0.1, 0.15) is 0 Å². The topological polar surface area (TPSA) is 107 Å². The number of allylic oxidation sites excluding steroid dienone is 1. The Morgan fingerprint density at radius 2 is 1.70 bits per heavy atom. The van der Waals surface area contributed by atoms with Crippen molar-refractivity contribution in [1.29, 1.82) is 0 Å². The molecule has 0 amide bonds. The highest BCUT2D eigenvalue weighted by atomic mass is 16.6. The van der Waals surface area contributed by atoms with Gasteiger partial charge >= 0.3 is 5.70 Å². The van der Waals surface area contributed by atoms with Crippen molar-refractivity contribution in [1.82, 2.24) is 9.78 Å². The molecule has 2 aromatic carbocycles. The predicted molar refractivity (Wildman–Crippen MR) is 98.2 cm³/mol. The van der Waals surface area contributed by atoms with Crippen LogP contribution in [-0.2, 0) is 4.79 Å². The van der Waals surface area contributed by atoms with Gasteiger partial charge in [-0.1, -0.05) is 48.5 Å². The predicted octanol–water partition coefficient (Wildman–Crippen LogP) is 2.83. The van der Waals surface area contributed by atoms with Crippen LogP contribution in [0.25, 0.3) is 5.69 Å². The molecule has 0 atom stereocenters. The van der Waals surface area contributed by atoms with Gasteiger partial charge in [0.25, 0.3) is 0 Å². The van der Waals surface area contributed by atoms with E-state index in [4.69, 9.17) is 0 Å². The first kappa shape index (κ1) is 17.7. The molecule has 0 bridgehead atoms. The van der Waals surface area contributed by atoms with E-state index >= 15 is 0 Å². The molecule has 1 N–H and O–H groups in total. The van der Waals surface area contributed by atoms with Crippen molar-refractivity contribution in [3.63, 3.8) is 0 Å². The minimum absolute atomic E-state index is 0.0786. The van der Waals surface area contributed by atoms with Gasteiger partial charge in [0.05, 0.1) is 28.7 Å². The number of para-hydroxylation sites is 1. The summed E-state index contributed by atoms with van der Waals surface area (Å²) >= 11 is 0. The number of nitrogens with one attached hydrogen (secondary N) is 1. The summed E-state index contributed by atoms with van der Waals surface area (Å²) in [5.41, 5.74) is 0.790. The normalized spacial score (nSPS) is 11.0. The number of nitrogens with zero attached hydrogens (tertiary/aromatic N) is 3. The van der Waals surface area contributed by atoms with Gasteiger partial charge in [0.2, 0.25) is 12.1 Å². The molecule has 3 rings (SSSR count). The maximum absolute atomic E-state index is 12.8. The van der Waals surface area contributed by atoms with Crippen molar-refractivity contribution >= 4 is 17.8 Å². The van der Waals surface area contributed by atoms with Crippen molar-refractivity contribution in [2.45, 2.75) is 0 Å². The van der Waals surface area contributed by atoms with Gasteiger partial charge in [-0.05, 0) is 12.1 Å². The van der Waals surface area contributed by atoms with E-state index in [0.717, 1.165) is 6.20 Å². The van der Waals surface area contributed by atoms with Crippen LogP contribution in [0.15, 0.2) is 78.8 Å². The van der Waals surface area contributed by atoms with E-state index in [9.17, 15) is 19.7 Å². The summed E-state index contributed by atoms with van der Waals surface area (Å²) in [5.74, 6) is -0.352. The Morgan fingerprint density at radius 3 is 2.30 bits per heavy atom. The highest BCUT2D eigenvalue weighted by Gasteiger charge is 2.19. The number of rotatable bonds is 7. The molecule has 8 heteroatoms. The molecule has 0 unspecified atom stereocenters. The first-order chi connectivity index (χ1) is 13.1. The van der Waals surface area contributed by atoms with E-state index < -0.39 is 10.6 Å². The fraction of sp³-hybridized carbons (Fsp3) is 0. The zero-order valence-electron chi connectivity index (χ0n) is 14.0. The van der Waals surface area contributed by atoms with E-state index in [0.29, 0.717) is 11.3 Å². The second-order valence-electron chi connectivity index (χ2n) is 5.46. The average molecular weight is 362 g/mol. The largest absolute Gasteiger partial charge is 0.353 e. The Balaban J connectivity index is 2.04. The second kappa shape index (κ2) is 7.87. The lowest BCUT2D eigenvalue weighted by Gasteiger charge is -2.01. The molecule has 0 fully saturated rings. The Labute approximate surface area is 153 Å². The van der Waals surface area contributed by atoms with Gasteiger partial charge in [0, 0.05) is 5.56 Å². The lowest BCUT2D eigenvalue weighted by molar-refractivity contribution is -0.417. The number of nitro groups is 1. The average Bonchev–Trinajstić information content (AvgIpc) is 3.13. The minimum Gasteiger partial charge on any atom is -0.353 e. The molecule has 1 aromatic heterocycles. The first-order valence-electron chi connectivity index (χ1n) is 7.91. The van der Waals surface area contributed by atoms with Crippen LogP contribution < -0.4 is 5.32 Å². The molecule has 1 heterocycles. The first-order valence-corrected chi connectivity index (χ1v) is 7.91. The van der Waals surface area contributed by atoms with E-state index in [1.54, 1.807) is 42.5 Å². The summed E-state index contributed by atoms with van der Waals surface area (Å²) in [5, 5.41) is 17.8. The quantitative estimate of drug-likeness (QED) is 0.228. The highest BCUT2D eigenvalue weighted by molar-refractivity contribution is 6.11. The summed E-state index contributed by atoms with van der Waals surface area (Å²) in [4.78, 5) is 33.6. The van der Waals surface area contributed by atoms with Crippen LogP contribution in [0.1, 0.15) is 16.1 Å². The van der Waals surface area contributed by atoms with Crippen LogP contribution >= 0.6 is 0 Å². The third kappa shape index (κ3) is 3.96. The third-order valence-electron chi connectivity index (χ3n) is 3.69. The number of hydrogen-bond acceptors (Lipinski definition) is 6. The standard InChI is InChI=1S/C19H14N4O4/c24-13-16(23(26)27)11-20-17-12-22(15-9-5-2-6-10-15)21-18(17)19(25)14-7-3-1-4-8-14/h1-13,20H. The summed E-state index contributed by atoms with van der Waals surface area (Å²) in [7, 11) is 0. The molecule has 3 aromatic rings. The molecule has 0 aliphatic rings. The Kier molecular flexibility index (Phi) is 5.17. The molecule has 134 valence electrons. The van der Waals surface area contributed by atoms with Crippen molar-refractivity contribution < 1.29 is 14.5 Å². The van der Waals surface area contributed by atoms with Crippen LogP contribution in [-0.4, -0.2) is 26.8 Å². The molecule has 0 aliphatic carbocycles. The van der Waals surface area contributed by atoms with Crippen LogP contribution in [0, 0.1) is 10.1 Å². The van der Waals surface area contributed by atoms with E-state index in [-0.39, 0.29) is 23.5 Å². The number of anilines is 1.